The van der Waals surface area contributed by atoms with Crippen molar-refractivity contribution in [3.8, 4) is 0 Å². The summed E-state index contributed by atoms with van der Waals surface area (Å²) in [5.41, 5.74) is -0.477. The number of likely N-dealkylation sites (tertiary alicyclic amines) is 1. The number of alkyl halides is 1. The Morgan fingerprint density at radius 1 is 1.48 bits per heavy atom. The number of thioether (sulfide) groups is 1. The molecule has 3 fully saturated rings. The second kappa shape index (κ2) is 5.74. The van der Waals surface area contributed by atoms with Gasteiger partial charge < -0.3 is 9.64 Å². The largest absolute Gasteiger partial charge is 0.373 e. The average molecular weight is 336 g/mol. The molecule has 1 spiro atoms. The molecule has 23 heavy (non-hydrogen) atoms. The van der Waals surface area contributed by atoms with Gasteiger partial charge in [0.25, 0.3) is 5.91 Å². The van der Waals surface area contributed by atoms with E-state index in [1.165, 1.54) is 0 Å². The smallest absolute Gasteiger partial charge is 0.260 e. The average Bonchev–Trinajstić information content (AvgIpc) is 2.94. The van der Waals surface area contributed by atoms with Gasteiger partial charge >= 0.3 is 0 Å². The number of aromatic nitrogens is 1. The number of ether oxygens (including phenoxy) is 1. The Labute approximate surface area is 139 Å². The van der Waals surface area contributed by atoms with Crippen LogP contribution >= 0.6 is 11.8 Å². The van der Waals surface area contributed by atoms with E-state index >= 15 is 0 Å². The zero-order valence-electron chi connectivity index (χ0n) is 13.0. The maximum absolute atomic E-state index is 14.2. The van der Waals surface area contributed by atoms with Gasteiger partial charge in [0.15, 0.2) is 5.67 Å². The van der Waals surface area contributed by atoms with Crippen LogP contribution in [0.5, 0.6) is 0 Å². The fourth-order valence-corrected chi connectivity index (χ4v) is 5.16. The van der Waals surface area contributed by atoms with Crippen LogP contribution in [0.25, 0.3) is 0 Å². The van der Waals surface area contributed by atoms with E-state index in [1.54, 1.807) is 11.1 Å². The molecule has 1 aromatic rings. The molecule has 3 heterocycles. The Morgan fingerprint density at radius 3 is 2.96 bits per heavy atom. The lowest BCUT2D eigenvalue weighted by atomic mass is 9.79. The lowest BCUT2D eigenvalue weighted by Crippen LogP contribution is -2.65. The third kappa shape index (κ3) is 2.87. The minimum atomic E-state index is -1.55. The minimum absolute atomic E-state index is 0.0926. The normalized spacial score (nSPS) is 27.5. The van der Waals surface area contributed by atoms with Crippen molar-refractivity contribution < 1.29 is 13.9 Å². The highest BCUT2D eigenvalue weighted by molar-refractivity contribution is 8.01. The highest BCUT2D eigenvalue weighted by Crippen LogP contribution is 2.48. The third-order valence-electron chi connectivity index (χ3n) is 5.16. The summed E-state index contributed by atoms with van der Waals surface area (Å²) in [6.07, 6.45) is 6.37. The van der Waals surface area contributed by atoms with Crippen molar-refractivity contribution in [3.05, 3.63) is 30.1 Å². The van der Waals surface area contributed by atoms with Crippen molar-refractivity contribution in [2.24, 2.45) is 0 Å². The van der Waals surface area contributed by atoms with Gasteiger partial charge in [0.1, 0.15) is 0 Å². The van der Waals surface area contributed by atoms with E-state index in [4.69, 9.17) is 4.74 Å². The molecule has 4 nitrogen and oxygen atoms in total. The molecule has 4 rings (SSSR count). The van der Waals surface area contributed by atoms with E-state index in [9.17, 15) is 9.18 Å². The van der Waals surface area contributed by atoms with Gasteiger partial charge in [0.05, 0.1) is 17.5 Å². The molecule has 0 bridgehead atoms. The van der Waals surface area contributed by atoms with Crippen LogP contribution in [-0.2, 0) is 16.1 Å². The van der Waals surface area contributed by atoms with Crippen LogP contribution in [0, 0.1) is 0 Å². The number of halogens is 1. The molecule has 1 aromatic heterocycles. The fraction of sp³-hybridized carbons (Fsp3) is 0.647. The standard InChI is InChI=1S/C17H21FN2O2S/c18-17(4-2-5-17)15(21)20-11-16(12-20)7-14(10-23-16)22-9-13-3-1-6-19-8-13/h1,3,6,8,14H,2,4-5,7,9-12H2/t14-/m1/s1. The summed E-state index contributed by atoms with van der Waals surface area (Å²) < 4.78 is 20.3. The first kappa shape index (κ1) is 15.4. The topological polar surface area (TPSA) is 42.4 Å². The van der Waals surface area contributed by atoms with Crippen LogP contribution in [0.4, 0.5) is 4.39 Å². The minimum Gasteiger partial charge on any atom is -0.373 e. The lowest BCUT2D eigenvalue weighted by Gasteiger charge is -2.50. The number of rotatable bonds is 4. The summed E-state index contributed by atoms with van der Waals surface area (Å²) in [4.78, 5) is 18.0. The summed E-state index contributed by atoms with van der Waals surface area (Å²) in [6, 6.07) is 3.92. The van der Waals surface area contributed by atoms with Gasteiger partial charge in [0.2, 0.25) is 0 Å². The van der Waals surface area contributed by atoms with E-state index < -0.39 is 5.67 Å². The molecule has 2 saturated heterocycles. The molecule has 2 aliphatic heterocycles. The van der Waals surface area contributed by atoms with Crippen molar-refractivity contribution in [3.63, 3.8) is 0 Å². The Morgan fingerprint density at radius 2 is 2.30 bits per heavy atom. The van der Waals surface area contributed by atoms with E-state index in [1.807, 2.05) is 30.1 Å². The van der Waals surface area contributed by atoms with E-state index in [0.717, 1.165) is 24.2 Å². The molecule has 0 radical (unpaired) electrons. The van der Waals surface area contributed by atoms with Crippen LogP contribution in [0.2, 0.25) is 0 Å². The van der Waals surface area contributed by atoms with Gasteiger partial charge in [-0.25, -0.2) is 4.39 Å². The lowest BCUT2D eigenvalue weighted by molar-refractivity contribution is -0.155. The second-order valence-electron chi connectivity index (χ2n) is 6.97. The Balaban J connectivity index is 1.26. The molecule has 1 saturated carbocycles. The highest BCUT2D eigenvalue weighted by Gasteiger charge is 2.56. The Kier molecular flexibility index (Phi) is 3.84. The first-order valence-electron chi connectivity index (χ1n) is 8.21. The van der Waals surface area contributed by atoms with E-state index in [0.29, 0.717) is 32.5 Å². The van der Waals surface area contributed by atoms with Crippen molar-refractivity contribution >= 4 is 17.7 Å². The van der Waals surface area contributed by atoms with Gasteiger partial charge in [-0.15, -0.1) is 11.8 Å². The quantitative estimate of drug-likeness (QED) is 0.847. The van der Waals surface area contributed by atoms with Gasteiger partial charge in [-0.1, -0.05) is 6.07 Å². The molecule has 0 N–H and O–H groups in total. The number of pyridine rings is 1. The van der Waals surface area contributed by atoms with Crippen LogP contribution in [0.15, 0.2) is 24.5 Å². The van der Waals surface area contributed by atoms with Crippen LogP contribution in [0.1, 0.15) is 31.2 Å². The molecule has 1 atom stereocenters. The van der Waals surface area contributed by atoms with Crippen LogP contribution in [-0.4, -0.2) is 51.2 Å². The predicted molar refractivity (Wildman–Crippen MR) is 86.9 cm³/mol. The summed E-state index contributed by atoms with van der Waals surface area (Å²) in [7, 11) is 0. The SMILES string of the molecule is O=C(N1CC2(C[C@@H](OCc3cccnc3)CS2)C1)C1(F)CCC1. The van der Waals surface area contributed by atoms with Gasteiger partial charge in [-0.2, -0.15) is 0 Å². The highest BCUT2D eigenvalue weighted by atomic mass is 32.2. The molecule has 1 aliphatic carbocycles. The van der Waals surface area contributed by atoms with Gasteiger partial charge in [0, 0.05) is 31.2 Å². The first-order chi connectivity index (χ1) is 11.1. The Hall–Kier alpha value is -1.14. The number of hydrogen-bond acceptors (Lipinski definition) is 4. The molecular formula is C17H21FN2O2S. The zero-order chi connectivity index (χ0) is 15.9. The molecule has 1 amide bonds. The molecule has 0 unspecified atom stereocenters. The summed E-state index contributed by atoms with van der Waals surface area (Å²) in [6.45, 7) is 1.93. The van der Waals surface area contributed by atoms with Crippen molar-refractivity contribution in [2.45, 2.75) is 48.8 Å². The second-order valence-corrected chi connectivity index (χ2v) is 8.46. The molecule has 6 heteroatoms. The third-order valence-corrected chi connectivity index (χ3v) is 6.73. The fourth-order valence-electron chi connectivity index (χ4n) is 3.60. The maximum Gasteiger partial charge on any atom is 0.260 e. The van der Waals surface area contributed by atoms with E-state index in [-0.39, 0.29) is 16.8 Å². The number of amides is 1. The molecule has 0 aromatic carbocycles. The molecular weight excluding hydrogens is 315 g/mol. The first-order valence-corrected chi connectivity index (χ1v) is 9.20. The summed E-state index contributed by atoms with van der Waals surface area (Å²) in [5.74, 6) is 0.665. The van der Waals surface area contributed by atoms with Crippen molar-refractivity contribution in [2.75, 3.05) is 18.8 Å². The number of carbonyl (C=O) groups is 1. The number of nitrogens with zero attached hydrogens (tertiary/aromatic N) is 2. The zero-order valence-corrected chi connectivity index (χ0v) is 13.9. The Bertz CT molecular complexity index is 588. The summed E-state index contributed by atoms with van der Waals surface area (Å²) in [5, 5.41) is 0. The molecule has 3 aliphatic rings. The van der Waals surface area contributed by atoms with Crippen LogP contribution in [0.3, 0.4) is 0 Å². The predicted octanol–water partition coefficient (Wildman–Crippen LogP) is 2.58. The number of carbonyl (C=O) groups excluding carboxylic acids is 1. The van der Waals surface area contributed by atoms with Crippen molar-refractivity contribution in [1.29, 1.82) is 0 Å². The molecule has 124 valence electrons. The van der Waals surface area contributed by atoms with Crippen LogP contribution < -0.4 is 0 Å². The summed E-state index contributed by atoms with van der Waals surface area (Å²) >= 11 is 1.88. The maximum atomic E-state index is 14.2. The van der Waals surface area contributed by atoms with E-state index in [2.05, 4.69) is 4.98 Å². The van der Waals surface area contributed by atoms with Crippen molar-refractivity contribution in [1.82, 2.24) is 9.88 Å². The van der Waals surface area contributed by atoms with Gasteiger partial charge in [-0.05, 0) is 37.3 Å². The van der Waals surface area contributed by atoms with Gasteiger partial charge in [-0.3, -0.25) is 9.78 Å². The number of hydrogen-bond donors (Lipinski definition) is 0. The monoisotopic (exact) mass is 336 g/mol.